The van der Waals surface area contributed by atoms with Crippen molar-refractivity contribution in [1.82, 2.24) is 19.6 Å². The fourth-order valence-corrected chi connectivity index (χ4v) is 1.79. The van der Waals surface area contributed by atoms with Crippen LogP contribution in [0.1, 0.15) is 5.56 Å². The molecular formula is C12H10N4. The van der Waals surface area contributed by atoms with Crippen molar-refractivity contribution in [3.63, 3.8) is 0 Å². The third-order valence-corrected chi connectivity index (χ3v) is 2.59. The first-order chi connectivity index (χ1) is 7.86. The standard InChI is InChI=1S/C12H10N4/c1-9-7-13-5-3-10(9)11-8-15-16-6-2-4-14-12(11)16/h2-8H,1H3. The van der Waals surface area contributed by atoms with Crippen molar-refractivity contribution in [2.24, 2.45) is 0 Å². The number of pyridine rings is 1. The van der Waals surface area contributed by atoms with E-state index in [-0.39, 0.29) is 0 Å². The normalized spacial score (nSPS) is 10.8. The Balaban J connectivity index is 2.31. The van der Waals surface area contributed by atoms with Gasteiger partial charge in [-0.3, -0.25) is 4.98 Å². The van der Waals surface area contributed by atoms with Crippen LogP contribution in [-0.2, 0) is 0 Å². The van der Waals surface area contributed by atoms with Crippen molar-refractivity contribution in [3.05, 3.63) is 48.7 Å². The molecule has 0 aliphatic heterocycles. The van der Waals surface area contributed by atoms with Crippen LogP contribution in [0.15, 0.2) is 43.1 Å². The van der Waals surface area contributed by atoms with E-state index < -0.39 is 0 Å². The molecule has 0 N–H and O–H groups in total. The Bertz CT molecular complexity index is 642. The summed E-state index contributed by atoms with van der Waals surface area (Å²) in [5.74, 6) is 0. The van der Waals surface area contributed by atoms with Crippen LogP contribution in [0.3, 0.4) is 0 Å². The molecule has 0 aliphatic rings. The summed E-state index contributed by atoms with van der Waals surface area (Å²) in [5, 5.41) is 4.27. The van der Waals surface area contributed by atoms with E-state index in [1.807, 2.05) is 37.6 Å². The van der Waals surface area contributed by atoms with Gasteiger partial charge in [0.25, 0.3) is 0 Å². The predicted molar refractivity (Wildman–Crippen MR) is 61.0 cm³/mol. The van der Waals surface area contributed by atoms with Crippen molar-refractivity contribution < 1.29 is 0 Å². The molecule has 16 heavy (non-hydrogen) atoms. The lowest BCUT2D eigenvalue weighted by Crippen LogP contribution is -1.89. The van der Waals surface area contributed by atoms with Gasteiger partial charge < -0.3 is 0 Å². The maximum absolute atomic E-state index is 4.34. The average Bonchev–Trinajstić information content (AvgIpc) is 2.74. The van der Waals surface area contributed by atoms with Gasteiger partial charge in [-0.15, -0.1) is 0 Å². The summed E-state index contributed by atoms with van der Waals surface area (Å²) in [5.41, 5.74) is 4.17. The third kappa shape index (κ3) is 1.27. The lowest BCUT2D eigenvalue weighted by Gasteiger charge is -2.01. The highest BCUT2D eigenvalue weighted by molar-refractivity contribution is 5.78. The molecule has 0 unspecified atom stereocenters. The minimum absolute atomic E-state index is 0.872. The minimum atomic E-state index is 0.872. The van der Waals surface area contributed by atoms with Crippen LogP contribution in [0.4, 0.5) is 0 Å². The van der Waals surface area contributed by atoms with E-state index in [1.54, 1.807) is 16.9 Å². The number of aryl methyl sites for hydroxylation is 1. The van der Waals surface area contributed by atoms with Gasteiger partial charge in [0, 0.05) is 30.4 Å². The van der Waals surface area contributed by atoms with Gasteiger partial charge in [0.1, 0.15) is 0 Å². The van der Waals surface area contributed by atoms with E-state index in [0.717, 1.165) is 22.3 Å². The lowest BCUT2D eigenvalue weighted by atomic mass is 10.1. The Labute approximate surface area is 92.6 Å². The van der Waals surface area contributed by atoms with Gasteiger partial charge in [-0.05, 0) is 30.2 Å². The molecule has 0 bridgehead atoms. The fraction of sp³-hybridized carbons (Fsp3) is 0.0833. The van der Waals surface area contributed by atoms with Gasteiger partial charge >= 0.3 is 0 Å². The molecule has 0 saturated heterocycles. The average molecular weight is 210 g/mol. The van der Waals surface area contributed by atoms with E-state index in [0.29, 0.717) is 0 Å². The quantitative estimate of drug-likeness (QED) is 0.617. The predicted octanol–water partition coefficient (Wildman–Crippen LogP) is 2.10. The minimum Gasteiger partial charge on any atom is -0.264 e. The van der Waals surface area contributed by atoms with Crippen LogP contribution in [-0.4, -0.2) is 19.6 Å². The van der Waals surface area contributed by atoms with Crippen molar-refractivity contribution in [2.45, 2.75) is 6.92 Å². The fourth-order valence-electron chi connectivity index (χ4n) is 1.79. The van der Waals surface area contributed by atoms with Crippen molar-refractivity contribution in [3.8, 4) is 11.1 Å². The highest BCUT2D eigenvalue weighted by atomic mass is 15.2. The number of rotatable bonds is 1. The van der Waals surface area contributed by atoms with Crippen LogP contribution in [0.2, 0.25) is 0 Å². The molecule has 0 saturated carbocycles. The number of nitrogens with zero attached hydrogens (tertiary/aromatic N) is 4. The molecule has 0 aromatic carbocycles. The summed E-state index contributed by atoms with van der Waals surface area (Å²) in [6.45, 7) is 2.04. The molecule has 0 radical (unpaired) electrons. The Morgan fingerprint density at radius 2 is 2.06 bits per heavy atom. The third-order valence-electron chi connectivity index (χ3n) is 2.59. The van der Waals surface area contributed by atoms with Gasteiger partial charge in [0.2, 0.25) is 0 Å². The molecular weight excluding hydrogens is 200 g/mol. The summed E-state index contributed by atoms with van der Waals surface area (Å²) >= 11 is 0. The molecule has 78 valence electrons. The molecule has 3 aromatic rings. The summed E-state index contributed by atoms with van der Waals surface area (Å²) in [6.07, 6.45) is 9.14. The van der Waals surface area contributed by atoms with E-state index in [9.17, 15) is 0 Å². The summed E-state index contributed by atoms with van der Waals surface area (Å²) in [7, 11) is 0. The first kappa shape index (κ1) is 9.03. The SMILES string of the molecule is Cc1cnccc1-c1cnn2cccnc12. The number of hydrogen-bond acceptors (Lipinski definition) is 3. The van der Waals surface area contributed by atoms with Crippen molar-refractivity contribution in [2.75, 3.05) is 0 Å². The second-order valence-electron chi connectivity index (χ2n) is 3.64. The number of aromatic nitrogens is 4. The lowest BCUT2D eigenvalue weighted by molar-refractivity contribution is 0.939. The number of fused-ring (bicyclic) bond motifs is 1. The van der Waals surface area contributed by atoms with Crippen LogP contribution < -0.4 is 0 Å². The summed E-state index contributed by atoms with van der Waals surface area (Å²) in [6, 6.07) is 3.85. The molecule has 0 spiro atoms. The molecule has 3 aromatic heterocycles. The molecule has 4 heteroatoms. The molecule has 0 fully saturated rings. The first-order valence-electron chi connectivity index (χ1n) is 5.05. The second kappa shape index (κ2) is 3.41. The second-order valence-corrected chi connectivity index (χ2v) is 3.64. The highest BCUT2D eigenvalue weighted by Crippen LogP contribution is 2.25. The Morgan fingerprint density at radius 1 is 1.12 bits per heavy atom. The molecule has 0 aliphatic carbocycles. The van der Waals surface area contributed by atoms with Crippen molar-refractivity contribution >= 4 is 5.65 Å². The largest absolute Gasteiger partial charge is 0.264 e. The molecule has 4 nitrogen and oxygen atoms in total. The van der Waals surface area contributed by atoms with Crippen LogP contribution in [0.25, 0.3) is 16.8 Å². The smallest absolute Gasteiger partial charge is 0.162 e. The van der Waals surface area contributed by atoms with E-state index in [4.69, 9.17) is 0 Å². The zero-order valence-corrected chi connectivity index (χ0v) is 8.83. The highest BCUT2D eigenvalue weighted by Gasteiger charge is 2.08. The van der Waals surface area contributed by atoms with Crippen LogP contribution in [0.5, 0.6) is 0 Å². The molecule has 3 rings (SSSR count). The van der Waals surface area contributed by atoms with Crippen LogP contribution in [0, 0.1) is 6.92 Å². The van der Waals surface area contributed by atoms with Crippen molar-refractivity contribution in [1.29, 1.82) is 0 Å². The monoisotopic (exact) mass is 210 g/mol. The van der Waals surface area contributed by atoms with E-state index >= 15 is 0 Å². The van der Waals surface area contributed by atoms with Gasteiger partial charge in [0.05, 0.1) is 6.20 Å². The topological polar surface area (TPSA) is 43.1 Å². The zero-order chi connectivity index (χ0) is 11.0. The van der Waals surface area contributed by atoms with E-state index in [1.165, 1.54) is 0 Å². The number of hydrogen-bond donors (Lipinski definition) is 0. The molecule has 3 heterocycles. The van der Waals surface area contributed by atoms with Gasteiger partial charge in [-0.1, -0.05) is 0 Å². The van der Waals surface area contributed by atoms with Crippen LogP contribution >= 0.6 is 0 Å². The summed E-state index contributed by atoms with van der Waals surface area (Å²) in [4.78, 5) is 8.43. The van der Waals surface area contributed by atoms with E-state index in [2.05, 4.69) is 15.1 Å². The Kier molecular flexibility index (Phi) is 1.93. The Morgan fingerprint density at radius 3 is 2.94 bits per heavy atom. The van der Waals surface area contributed by atoms with Gasteiger partial charge in [-0.25, -0.2) is 9.50 Å². The zero-order valence-electron chi connectivity index (χ0n) is 8.83. The maximum Gasteiger partial charge on any atom is 0.162 e. The molecule has 0 atom stereocenters. The maximum atomic E-state index is 4.34. The van der Waals surface area contributed by atoms with Gasteiger partial charge in [-0.2, -0.15) is 5.10 Å². The summed E-state index contributed by atoms with van der Waals surface area (Å²) < 4.78 is 1.77. The first-order valence-corrected chi connectivity index (χ1v) is 5.05. The van der Waals surface area contributed by atoms with Gasteiger partial charge in [0.15, 0.2) is 5.65 Å². The Hall–Kier alpha value is -2.23. The molecule has 0 amide bonds.